The first-order chi connectivity index (χ1) is 7.25. The summed E-state index contributed by atoms with van der Waals surface area (Å²) in [5.74, 6) is 0.629. The molecule has 0 aromatic carbocycles. The van der Waals surface area contributed by atoms with Crippen LogP contribution in [0.2, 0.25) is 0 Å². The molecule has 0 fully saturated rings. The number of aryl methyl sites for hydroxylation is 2. The molecule has 0 saturated heterocycles. The van der Waals surface area contributed by atoms with Crippen molar-refractivity contribution in [2.75, 3.05) is 5.32 Å². The molecule has 0 amide bonds. The minimum absolute atomic E-state index is 0.448. The van der Waals surface area contributed by atoms with Gasteiger partial charge in [-0.2, -0.15) is 4.98 Å². The normalized spacial score (nSPS) is 10.3. The van der Waals surface area contributed by atoms with E-state index in [1.54, 1.807) is 13.1 Å². The molecule has 0 bridgehead atoms. The first-order valence-corrected chi connectivity index (χ1v) is 4.69. The zero-order valence-electron chi connectivity index (χ0n) is 8.69. The van der Waals surface area contributed by atoms with Gasteiger partial charge in [0.1, 0.15) is 0 Å². The van der Waals surface area contributed by atoms with Crippen molar-refractivity contribution >= 4 is 6.01 Å². The van der Waals surface area contributed by atoms with E-state index in [1.807, 2.05) is 19.2 Å². The Bertz CT molecular complexity index is 452. The predicted octanol–water partition coefficient (Wildman–Crippen LogP) is 1.69. The number of rotatable bonds is 3. The van der Waals surface area contributed by atoms with Crippen molar-refractivity contribution in [1.29, 1.82) is 0 Å². The molecule has 1 N–H and O–H groups in total. The second-order valence-electron chi connectivity index (χ2n) is 3.30. The average Bonchev–Trinajstić information content (AvgIpc) is 2.63. The Morgan fingerprint density at radius 1 is 1.40 bits per heavy atom. The standard InChI is InChI=1S/C10H12N4O/c1-7-5-11-4-3-9(7)6-12-10-13-8(2)14-15-10/h3-5H,6H2,1-2H3,(H,12,13,14). The van der Waals surface area contributed by atoms with E-state index in [1.165, 1.54) is 5.56 Å². The van der Waals surface area contributed by atoms with Gasteiger partial charge in [-0.25, -0.2) is 0 Å². The number of aromatic nitrogens is 3. The van der Waals surface area contributed by atoms with E-state index < -0.39 is 0 Å². The Balaban J connectivity index is 2.02. The van der Waals surface area contributed by atoms with Crippen LogP contribution in [0, 0.1) is 13.8 Å². The second-order valence-corrected chi connectivity index (χ2v) is 3.30. The Labute approximate surface area is 87.5 Å². The van der Waals surface area contributed by atoms with Crippen LogP contribution in [0.25, 0.3) is 0 Å². The van der Waals surface area contributed by atoms with Crippen LogP contribution in [0.5, 0.6) is 0 Å². The Hall–Kier alpha value is -1.91. The smallest absolute Gasteiger partial charge is 0.321 e. The van der Waals surface area contributed by atoms with Crippen LogP contribution in [-0.4, -0.2) is 15.1 Å². The lowest BCUT2D eigenvalue weighted by molar-refractivity contribution is 0.425. The lowest BCUT2D eigenvalue weighted by Gasteiger charge is -2.03. The fourth-order valence-electron chi connectivity index (χ4n) is 1.24. The van der Waals surface area contributed by atoms with Crippen LogP contribution >= 0.6 is 0 Å². The fourth-order valence-corrected chi connectivity index (χ4v) is 1.24. The summed E-state index contributed by atoms with van der Waals surface area (Å²) >= 11 is 0. The van der Waals surface area contributed by atoms with Gasteiger partial charge in [0.25, 0.3) is 0 Å². The largest absolute Gasteiger partial charge is 0.334 e. The number of nitrogens with zero attached hydrogens (tertiary/aromatic N) is 3. The van der Waals surface area contributed by atoms with Crippen LogP contribution < -0.4 is 5.32 Å². The highest BCUT2D eigenvalue weighted by atomic mass is 16.5. The van der Waals surface area contributed by atoms with Crippen molar-refractivity contribution in [2.45, 2.75) is 20.4 Å². The second kappa shape index (κ2) is 4.08. The summed E-state index contributed by atoms with van der Waals surface area (Å²) in [6.45, 7) is 4.46. The highest BCUT2D eigenvalue weighted by Gasteiger charge is 2.02. The summed E-state index contributed by atoms with van der Waals surface area (Å²) in [5.41, 5.74) is 2.31. The number of hydrogen-bond acceptors (Lipinski definition) is 5. The molecule has 78 valence electrons. The molecule has 2 heterocycles. The highest BCUT2D eigenvalue weighted by Crippen LogP contribution is 2.08. The van der Waals surface area contributed by atoms with Gasteiger partial charge in [0, 0.05) is 18.9 Å². The van der Waals surface area contributed by atoms with Gasteiger partial charge in [0.05, 0.1) is 0 Å². The zero-order chi connectivity index (χ0) is 10.7. The first-order valence-electron chi connectivity index (χ1n) is 4.69. The quantitative estimate of drug-likeness (QED) is 0.824. The minimum atomic E-state index is 0.448. The van der Waals surface area contributed by atoms with E-state index >= 15 is 0 Å². The van der Waals surface area contributed by atoms with Crippen molar-refractivity contribution in [3.63, 3.8) is 0 Å². The van der Waals surface area contributed by atoms with Gasteiger partial charge in [-0.1, -0.05) is 5.16 Å². The molecule has 0 aliphatic rings. The van der Waals surface area contributed by atoms with Crippen LogP contribution in [0.3, 0.4) is 0 Å². The molecule has 0 aliphatic heterocycles. The van der Waals surface area contributed by atoms with Crippen LogP contribution in [0.15, 0.2) is 23.0 Å². The molecule has 0 radical (unpaired) electrons. The van der Waals surface area contributed by atoms with E-state index in [4.69, 9.17) is 4.52 Å². The molecular formula is C10H12N4O. The van der Waals surface area contributed by atoms with Crippen LogP contribution in [0.1, 0.15) is 17.0 Å². The van der Waals surface area contributed by atoms with Crippen molar-refractivity contribution < 1.29 is 4.52 Å². The molecule has 0 spiro atoms. The number of pyridine rings is 1. The maximum atomic E-state index is 4.94. The lowest BCUT2D eigenvalue weighted by Crippen LogP contribution is -2.01. The fraction of sp³-hybridized carbons (Fsp3) is 0.300. The molecular weight excluding hydrogens is 192 g/mol. The van der Waals surface area contributed by atoms with E-state index in [9.17, 15) is 0 Å². The highest BCUT2D eigenvalue weighted by molar-refractivity contribution is 5.27. The third kappa shape index (κ3) is 2.31. The topological polar surface area (TPSA) is 63.8 Å². The Morgan fingerprint density at radius 3 is 2.93 bits per heavy atom. The molecule has 0 unspecified atom stereocenters. The van der Waals surface area contributed by atoms with Crippen LogP contribution in [0.4, 0.5) is 6.01 Å². The summed E-state index contributed by atoms with van der Waals surface area (Å²) in [6.07, 6.45) is 3.60. The van der Waals surface area contributed by atoms with Gasteiger partial charge >= 0.3 is 6.01 Å². The predicted molar refractivity (Wildman–Crippen MR) is 55.3 cm³/mol. The van der Waals surface area contributed by atoms with Gasteiger partial charge in [-0.15, -0.1) is 0 Å². The van der Waals surface area contributed by atoms with Gasteiger partial charge in [0.2, 0.25) is 0 Å². The zero-order valence-corrected chi connectivity index (χ0v) is 8.69. The van der Waals surface area contributed by atoms with Gasteiger partial charge < -0.3 is 9.84 Å². The monoisotopic (exact) mass is 204 g/mol. The number of nitrogens with one attached hydrogen (secondary N) is 1. The van der Waals surface area contributed by atoms with Crippen LogP contribution in [-0.2, 0) is 6.54 Å². The SMILES string of the molecule is Cc1noc(NCc2ccncc2C)n1. The van der Waals surface area contributed by atoms with E-state index in [0.29, 0.717) is 18.4 Å². The Morgan fingerprint density at radius 2 is 2.27 bits per heavy atom. The molecule has 5 heteroatoms. The molecule has 5 nitrogen and oxygen atoms in total. The van der Waals surface area contributed by atoms with Gasteiger partial charge in [0.15, 0.2) is 5.82 Å². The number of hydrogen-bond donors (Lipinski definition) is 1. The summed E-state index contributed by atoms with van der Waals surface area (Å²) in [4.78, 5) is 8.08. The van der Waals surface area contributed by atoms with E-state index in [0.717, 1.165) is 5.56 Å². The molecule has 0 atom stereocenters. The summed E-state index contributed by atoms with van der Waals surface area (Å²) in [6, 6.07) is 2.41. The summed E-state index contributed by atoms with van der Waals surface area (Å²) in [7, 11) is 0. The average molecular weight is 204 g/mol. The molecule has 0 aliphatic carbocycles. The number of anilines is 1. The molecule has 15 heavy (non-hydrogen) atoms. The molecule has 2 aromatic rings. The van der Waals surface area contributed by atoms with Crippen molar-refractivity contribution in [1.82, 2.24) is 15.1 Å². The van der Waals surface area contributed by atoms with E-state index in [2.05, 4.69) is 20.4 Å². The first kappa shape index (κ1) is 9.64. The molecule has 2 aromatic heterocycles. The molecule has 0 saturated carbocycles. The third-order valence-electron chi connectivity index (χ3n) is 2.09. The third-order valence-corrected chi connectivity index (χ3v) is 2.09. The summed E-state index contributed by atoms with van der Waals surface area (Å²) < 4.78 is 4.94. The lowest BCUT2D eigenvalue weighted by atomic mass is 10.2. The van der Waals surface area contributed by atoms with Gasteiger partial charge in [-0.05, 0) is 31.0 Å². The summed E-state index contributed by atoms with van der Waals surface area (Å²) in [5, 5.41) is 6.74. The van der Waals surface area contributed by atoms with Gasteiger partial charge in [-0.3, -0.25) is 4.98 Å². The maximum absolute atomic E-state index is 4.94. The van der Waals surface area contributed by atoms with Crippen molar-refractivity contribution in [2.24, 2.45) is 0 Å². The van der Waals surface area contributed by atoms with E-state index in [-0.39, 0.29) is 0 Å². The van der Waals surface area contributed by atoms with Crippen molar-refractivity contribution in [3.05, 3.63) is 35.4 Å². The maximum Gasteiger partial charge on any atom is 0.321 e. The molecule has 2 rings (SSSR count). The van der Waals surface area contributed by atoms with Crippen molar-refractivity contribution in [3.8, 4) is 0 Å². The Kier molecular flexibility index (Phi) is 2.62. The minimum Gasteiger partial charge on any atom is -0.334 e.